The molecule has 1 N–H and O–H groups in total. The molecule has 2 aliphatic rings. The molecular formula is C18H23N3OS. The molecule has 1 aliphatic heterocycles. The minimum Gasteiger partial charge on any atom is -0.353 e. The number of hydrogen-bond donors (Lipinski definition) is 1. The molecule has 0 unspecified atom stereocenters. The van der Waals surface area contributed by atoms with Crippen LogP contribution in [-0.4, -0.2) is 30.0 Å². The van der Waals surface area contributed by atoms with Gasteiger partial charge in [0, 0.05) is 25.6 Å². The van der Waals surface area contributed by atoms with Gasteiger partial charge in [0.15, 0.2) is 5.13 Å². The number of carbonyl (C=O) groups excluding carboxylic acids is 1. The number of piperidine rings is 1. The van der Waals surface area contributed by atoms with Crippen LogP contribution >= 0.6 is 11.3 Å². The van der Waals surface area contributed by atoms with E-state index in [4.69, 9.17) is 4.98 Å². The highest BCUT2D eigenvalue weighted by molar-refractivity contribution is 7.22. The first kappa shape index (κ1) is 14.9. The summed E-state index contributed by atoms with van der Waals surface area (Å²) in [6, 6.07) is 8.78. The summed E-state index contributed by atoms with van der Waals surface area (Å²) in [5, 5.41) is 4.29. The SMILES string of the molecule is O=C(CC1CCN(c2nc3ccccc3s2)CC1)NC1CCC1. The number of hydrogen-bond acceptors (Lipinski definition) is 4. The molecule has 0 atom stereocenters. The second-order valence-electron chi connectivity index (χ2n) is 6.79. The third kappa shape index (κ3) is 3.34. The summed E-state index contributed by atoms with van der Waals surface area (Å²) in [5.41, 5.74) is 1.09. The van der Waals surface area contributed by atoms with Crippen LogP contribution in [0, 0.1) is 5.92 Å². The maximum absolute atomic E-state index is 12.0. The first-order chi connectivity index (χ1) is 11.3. The fourth-order valence-corrected chi connectivity index (χ4v) is 4.44. The van der Waals surface area contributed by atoms with Crippen LogP contribution in [0.15, 0.2) is 24.3 Å². The molecule has 0 radical (unpaired) electrons. The van der Waals surface area contributed by atoms with Crippen LogP contribution in [0.3, 0.4) is 0 Å². The summed E-state index contributed by atoms with van der Waals surface area (Å²) >= 11 is 1.77. The molecule has 1 aromatic carbocycles. The van der Waals surface area contributed by atoms with Crippen molar-refractivity contribution in [1.29, 1.82) is 0 Å². The Kier molecular flexibility index (Phi) is 4.21. The minimum absolute atomic E-state index is 0.258. The summed E-state index contributed by atoms with van der Waals surface area (Å²) in [6.07, 6.45) is 6.49. The highest BCUT2D eigenvalue weighted by Gasteiger charge is 2.25. The van der Waals surface area contributed by atoms with Crippen LogP contribution in [-0.2, 0) is 4.79 Å². The Morgan fingerprint density at radius 3 is 2.70 bits per heavy atom. The van der Waals surface area contributed by atoms with Crippen LogP contribution in [0.4, 0.5) is 5.13 Å². The molecule has 1 aliphatic carbocycles. The number of nitrogens with zero attached hydrogens (tertiary/aromatic N) is 2. The topological polar surface area (TPSA) is 45.2 Å². The Labute approximate surface area is 140 Å². The molecule has 2 aromatic rings. The molecule has 5 heteroatoms. The van der Waals surface area contributed by atoms with Crippen molar-refractivity contribution < 1.29 is 4.79 Å². The van der Waals surface area contributed by atoms with Crippen LogP contribution in [0.25, 0.3) is 10.2 Å². The summed E-state index contributed by atoms with van der Waals surface area (Å²) < 4.78 is 1.25. The Balaban J connectivity index is 1.30. The van der Waals surface area contributed by atoms with E-state index in [1.807, 2.05) is 6.07 Å². The van der Waals surface area contributed by atoms with Gasteiger partial charge in [-0.05, 0) is 50.2 Å². The third-order valence-corrected chi connectivity index (χ3v) is 6.21. The van der Waals surface area contributed by atoms with E-state index in [9.17, 15) is 4.79 Å². The monoisotopic (exact) mass is 329 g/mol. The van der Waals surface area contributed by atoms with Gasteiger partial charge in [-0.3, -0.25) is 4.79 Å². The highest BCUT2D eigenvalue weighted by atomic mass is 32.1. The second kappa shape index (κ2) is 6.48. The lowest BCUT2D eigenvalue weighted by molar-refractivity contribution is -0.123. The molecule has 2 heterocycles. The largest absolute Gasteiger partial charge is 0.353 e. The van der Waals surface area contributed by atoms with Crippen LogP contribution in [0.2, 0.25) is 0 Å². The Hall–Kier alpha value is -1.62. The fraction of sp³-hybridized carbons (Fsp3) is 0.556. The maximum Gasteiger partial charge on any atom is 0.220 e. The third-order valence-electron chi connectivity index (χ3n) is 5.11. The summed E-state index contributed by atoms with van der Waals surface area (Å²) in [4.78, 5) is 19.2. The van der Waals surface area contributed by atoms with E-state index < -0.39 is 0 Å². The molecule has 1 saturated heterocycles. The quantitative estimate of drug-likeness (QED) is 0.932. The van der Waals surface area contributed by atoms with Gasteiger partial charge in [-0.25, -0.2) is 4.98 Å². The molecule has 23 heavy (non-hydrogen) atoms. The predicted octanol–water partition coefficient (Wildman–Crippen LogP) is 3.57. The van der Waals surface area contributed by atoms with Gasteiger partial charge in [-0.2, -0.15) is 0 Å². The molecule has 1 saturated carbocycles. The smallest absolute Gasteiger partial charge is 0.220 e. The fourth-order valence-electron chi connectivity index (χ4n) is 3.43. The number of fused-ring (bicyclic) bond motifs is 1. The second-order valence-corrected chi connectivity index (χ2v) is 7.80. The van der Waals surface area contributed by atoms with Crippen molar-refractivity contribution in [3.63, 3.8) is 0 Å². The van der Waals surface area contributed by atoms with Crippen LogP contribution in [0.1, 0.15) is 38.5 Å². The van der Waals surface area contributed by atoms with Crippen molar-refractivity contribution in [2.75, 3.05) is 18.0 Å². The molecule has 0 spiro atoms. The Bertz CT molecular complexity index is 653. The van der Waals surface area contributed by atoms with E-state index in [1.54, 1.807) is 11.3 Å². The van der Waals surface area contributed by atoms with Gasteiger partial charge >= 0.3 is 0 Å². The van der Waals surface area contributed by atoms with Crippen molar-refractivity contribution in [3.8, 4) is 0 Å². The van der Waals surface area contributed by atoms with Gasteiger partial charge in [0.2, 0.25) is 5.91 Å². The van der Waals surface area contributed by atoms with Crippen molar-refractivity contribution in [2.45, 2.75) is 44.6 Å². The summed E-state index contributed by atoms with van der Waals surface area (Å²) in [5.74, 6) is 0.786. The van der Waals surface area contributed by atoms with Gasteiger partial charge in [0.1, 0.15) is 0 Å². The number of anilines is 1. The van der Waals surface area contributed by atoms with E-state index in [1.165, 1.54) is 24.0 Å². The van der Waals surface area contributed by atoms with E-state index >= 15 is 0 Å². The molecular weight excluding hydrogens is 306 g/mol. The summed E-state index contributed by atoms with van der Waals surface area (Å²) in [7, 11) is 0. The lowest BCUT2D eigenvalue weighted by atomic mass is 9.91. The highest BCUT2D eigenvalue weighted by Crippen LogP contribution is 2.32. The number of aromatic nitrogens is 1. The van der Waals surface area contributed by atoms with Crippen molar-refractivity contribution in [2.24, 2.45) is 5.92 Å². The summed E-state index contributed by atoms with van der Waals surface area (Å²) in [6.45, 7) is 2.03. The van der Waals surface area contributed by atoms with Crippen LogP contribution in [0.5, 0.6) is 0 Å². The standard InChI is InChI=1S/C18H23N3OS/c22-17(19-14-4-3-5-14)12-13-8-10-21(11-9-13)18-20-15-6-1-2-7-16(15)23-18/h1-2,6-7,13-14H,3-5,8-12H2,(H,19,22). The lowest BCUT2D eigenvalue weighted by Crippen LogP contribution is -2.41. The van der Waals surface area contributed by atoms with Gasteiger partial charge in [-0.1, -0.05) is 23.5 Å². The Morgan fingerprint density at radius 2 is 2.00 bits per heavy atom. The van der Waals surface area contributed by atoms with E-state index in [0.717, 1.165) is 36.6 Å². The number of nitrogens with one attached hydrogen (secondary N) is 1. The first-order valence-electron chi connectivity index (χ1n) is 8.68. The molecule has 0 bridgehead atoms. The molecule has 4 nitrogen and oxygen atoms in total. The molecule has 2 fully saturated rings. The maximum atomic E-state index is 12.0. The molecule has 1 aromatic heterocycles. The minimum atomic E-state index is 0.258. The van der Waals surface area contributed by atoms with E-state index in [0.29, 0.717) is 18.4 Å². The Morgan fingerprint density at radius 1 is 1.22 bits per heavy atom. The van der Waals surface area contributed by atoms with E-state index in [2.05, 4.69) is 28.4 Å². The zero-order valence-electron chi connectivity index (χ0n) is 13.3. The molecule has 1 amide bonds. The zero-order valence-corrected chi connectivity index (χ0v) is 14.1. The van der Waals surface area contributed by atoms with Crippen molar-refractivity contribution >= 4 is 32.6 Å². The van der Waals surface area contributed by atoms with Gasteiger partial charge < -0.3 is 10.2 Å². The zero-order chi connectivity index (χ0) is 15.6. The number of benzene rings is 1. The molecule has 122 valence electrons. The van der Waals surface area contributed by atoms with Gasteiger partial charge in [0.25, 0.3) is 0 Å². The number of para-hydroxylation sites is 1. The predicted molar refractivity (Wildman–Crippen MR) is 95.0 cm³/mol. The average molecular weight is 329 g/mol. The van der Waals surface area contributed by atoms with Gasteiger partial charge in [-0.15, -0.1) is 0 Å². The number of carbonyl (C=O) groups is 1. The van der Waals surface area contributed by atoms with Crippen LogP contribution < -0.4 is 10.2 Å². The molecule has 4 rings (SSSR count). The van der Waals surface area contributed by atoms with Crippen molar-refractivity contribution in [3.05, 3.63) is 24.3 Å². The number of amides is 1. The lowest BCUT2D eigenvalue weighted by Gasteiger charge is -2.32. The number of rotatable bonds is 4. The first-order valence-corrected chi connectivity index (χ1v) is 9.49. The number of thiazole rings is 1. The van der Waals surface area contributed by atoms with Crippen molar-refractivity contribution in [1.82, 2.24) is 10.3 Å². The van der Waals surface area contributed by atoms with Gasteiger partial charge in [0.05, 0.1) is 10.2 Å². The van der Waals surface area contributed by atoms with E-state index in [-0.39, 0.29) is 5.91 Å². The normalized spacial score (nSPS) is 19.7. The average Bonchev–Trinajstić information content (AvgIpc) is 2.96.